The van der Waals surface area contributed by atoms with Gasteiger partial charge in [0.15, 0.2) is 11.4 Å². The zero-order valence-electron chi connectivity index (χ0n) is 37.6. The van der Waals surface area contributed by atoms with Gasteiger partial charge in [0.25, 0.3) is 12.3 Å². The molecule has 2 saturated carbocycles. The van der Waals surface area contributed by atoms with Gasteiger partial charge in [-0.15, -0.1) is 0 Å². The number of carbonyl (C=O) groups excluding carboxylic acids is 3. The second kappa shape index (κ2) is 20.0. The van der Waals surface area contributed by atoms with Gasteiger partial charge in [0.1, 0.15) is 18.1 Å². The van der Waals surface area contributed by atoms with Gasteiger partial charge in [-0.3, -0.25) is 38.4 Å². The molecule has 1 unspecified atom stereocenters. The monoisotopic (exact) mass is 911 g/mol. The molecule has 0 radical (unpaired) electrons. The lowest BCUT2D eigenvalue weighted by Crippen LogP contribution is -2.44. The molecular formula is C47H59F2N11O6. The van der Waals surface area contributed by atoms with Crippen molar-refractivity contribution in [2.24, 2.45) is 18.9 Å². The summed E-state index contributed by atoms with van der Waals surface area (Å²) in [5.74, 6) is 0.651. The molecule has 9 rings (SSSR count). The summed E-state index contributed by atoms with van der Waals surface area (Å²) >= 11 is 0. The number of carbonyl (C=O) groups is 3. The Bertz CT molecular complexity index is 2590. The molecule has 4 fully saturated rings. The Balaban J connectivity index is 0.714. The maximum absolute atomic E-state index is 14.2. The van der Waals surface area contributed by atoms with Crippen molar-refractivity contribution in [3.05, 3.63) is 76.4 Å². The van der Waals surface area contributed by atoms with Gasteiger partial charge in [-0.05, 0) is 113 Å². The number of oxazole rings is 1. The van der Waals surface area contributed by atoms with E-state index < -0.39 is 30.0 Å². The van der Waals surface area contributed by atoms with Crippen LogP contribution < -0.4 is 21.6 Å². The minimum atomic E-state index is -2.87. The highest BCUT2D eigenvalue weighted by Gasteiger charge is 2.32. The first-order valence-corrected chi connectivity index (χ1v) is 23.4. The second-order valence-corrected chi connectivity index (χ2v) is 18.5. The molecule has 17 nitrogen and oxygen atoms in total. The smallest absolute Gasteiger partial charge is 0.329 e. The maximum atomic E-state index is 14.2. The Morgan fingerprint density at radius 1 is 1.06 bits per heavy atom. The fourth-order valence-corrected chi connectivity index (χ4v) is 9.87. The first-order valence-electron chi connectivity index (χ1n) is 23.4. The third-order valence-corrected chi connectivity index (χ3v) is 13.7. The van der Waals surface area contributed by atoms with Crippen LogP contribution in [0.5, 0.6) is 0 Å². The number of aryl methyl sites for hydroxylation is 2. The number of amides is 3. The number of fused-ring (bicyclic) bond motifs is 1. The van der Waals surface area contributed by atoms with Crippen LogP contribution in [0.15, 0.2) is 58.2 Å². The molecule has 352 valence electrons. The van der Waals surface area contributed by atoms with E-state index in [1.165, 1.54) is 29.9 Å². The fourth-order valence-electron chi connectivity index (χ4n) is 9.87. The van der Waals surface area contributed by atoms with Crippen LogP contribution in [0.4, 0.5) is 20.3 Å². The van der Waals surface area contributed by atoms with Gasteiger partial charge < -0.3 is 24.7 Å². The van der Waals surface area contributed by atoms with Crippen LogP contribution >= 0.6 is 0 Å². The van der Waals surface area contributed by atoms with Crippen molar-refractivity contribution in [1.29, 1.82) is 0 Å². The Morgan fingerprint density at radius 2 is 1.88 bits per heavy atom. The summed E-state index contributed by atoms with van der Waals surface area (Å²) in [6.45, 7) is 5.96. The highest BCUT2D eigenvalue weighted by Crippen LogP contribution is 2.36. The number of anilines is 2. The van der Waals surface area contributed by atoms with E-state index in [2.05, 4.69) is 47.9 Å². The molecule has 66 heavy (non-hydrogen) atoms. The van der Waals surface area contributed by atoms with E-state index in [0.29, 0.717) is 41.8 Å². The standard InChI is InChI=1S/C47H59F2N11O6/c1-56(20-17-34-26-58(21-22-65-34)19-4-6-31-5-3-7-37-42(31)57(2)47(64)60(37)38-14-15-40(61)54-45(38)63)25-30-10-12-33(13-11-30)59-27-35(41(55-59)43(48)49)52-44(62)36-28-66-46(53-36)32-16-18-50-39(23-32)51-24-29-8-9-29/h3,5,7,16,18,23,27-30,33-34,38,43H,4,6,8-15,17,19-22,24-26H2,1-2H3,(H,50,51)(H,52,62)(H,54,61,63)/t30-,33-,34-,38?/m1/s1. The van der Waals surface area contributed by atoms with Gasteiger partial charge in [-0.1, -0.05) is 12.1 Å². The lowest BCUT2D eigenvalue weighted by molar-refractivity contribution is -0.135. The van der Waals surface area contributed by atoms with Gasteiger partial charge in [-0.2, -0.15) is 5.10 Å². The van der Waals surface area contributed by atoms with E-state index in [0.717, 1.165) is 95.3 Å². The van der Waals surface area contributed by atoms with Crippen LogP contribution in [0.25, 0.3) is 22.5 Å². The van der Waals surface area contributed by atoms with E-state index >= 15 is 0 Å². The number of aromatic nitrogens is 6. The quantitative estimate of drug-likeness (QED) is 0.0878. The van der Waals surface area contributed by atoms with Crippen molar-refractivity contribution >= 4 is 40.3 Å². The van der Waals surface area contributed by atoms with Crippen molar-refractivity contribution in [3.8, 4) is 11.5 Å². The zero-order valence-corrected chi connectivity index (χ0v) is 37.6. The third-order valence-electron chi connectivity index (χ3n) is 13.7. The van der Waals surface area contributed by atoms with Crippen LogP contribution in [-0.4, -0.2) is 115 Å². The van der Waals surface area contributed by atoms with Crippen molar-refractivity contribution in [3.63, 3.8) is 0 Å². The topological polar surface area (TPSA) is 187 Å². The molecule has 2 aliphatic heterocycles. The number of para-hydroxylation sites is 1. The Kier molecular flexibility index (Phi) is 13.7. The van der Waals surface area contributed by atoms with E-state index in [1.54, 1.807) is 34.6 Å². The molecular weight excluding hydrogens is 853 g/mol. The van der Waals surface area contributed by atoms with Crippen molar-refractivity contribution in [1.82, 2.24) is 44.0 Å². The molecule has 2 saturated heterocycles. The number of pyridine rings is 1. The maximum Gasteiger partial charge on any atom is 0.329 e. The number of imide groups is 1. The number of nitrogens with one attached hydrogen (secondary N) is 3. The van der Waals surface area contributed by atoms with E-state index in [9.17, 15) is 28.0 Å². The minimum absolute atomic E-state index is 0.0292. The van der Waals surface area contributed by atoms with Crippen molar-refractivity contribution in [2.75, 3.05) is 63.6 Å². The third kappa shape index (κ3) is 10.4. The number of rotatable bonds is 18. The van der Waals surface area contributed by atoms with Crippen LogP contribution in [-0.2, 0) is 27.8 Å². The molecule has 0 spiro atoms. The molecule has 6 heterocycles. The molecule has 2 aliphatic carbocycles. The Morgan fingerprint density at radius 3 is 2.67 bits per heavy atom. The van der Waals surface area contributed by atoms with Gasteiger partial charge >= 0.3 is 5.69 Å². The molecule has 4 aliphatic rings. The van der Waals surface area contributed by atoms with Crippen LogP contribution in [0.1, 0.15) is 104 Å². The first kappa shape index (κ1) is 45.4. The van der Waals surface area contributed by atoms with E-state index in [4.69, 9.17) is 9.15 Å². The van der Waals surface area contributed by atoms with Gasteiger partial charge in [0.05, 0.1) is 35.5 Å². The molecule has 1 aromatic carbocycles. The number of benzene rings is 1. The number of morpholine rings is 1. The number of hydrogen-bond donors (Lipinski definition) is 3. The summed E-state index contributed by atoms with van der Waals surface area (Å²) in [7, 11) is 3.88. The van der Waals surface area contributed by atoms with Crippen LogP contribution in [0.3, 0.4) is 0 Å². The molecule has 2 atom stereocenters. The molecule has 5 aromatic rings. The zero-order chi connectivity index (χ0) is 45.9. The first-order chi connectivity index (χ1) is 32.0. The molecule has 19 heteroatoms. The van der Waals surface area contributed by atoms with Gasteiger partial charge in [0, 0.05) is 64.1 Å². The highest BCUT2D eigenvalue weighted by molar-refractivity contribution is 6.03. The summed E-state index contributed by atoms with van der Waals surface area (Å²) in [4.78, 5) is 64.5. The lowest BCUT2D eigenvalue weighted by Gasteiger charge is -2.35. The largest absolute Gasteiger partial charge is 0.444 e. The molecule has 3 amide bonds. The lowest BCUT2D eigenvalue weighted by atomic mass is 9.86. The number of alkyl halides is 2. The normalized spacial score (nSPS) is 21.8. The average Bonchev–Trinajstić information content (AvgIpc) is 3.71. The predicted molar refractivity (Wildman–Crippen MR) is 242 cm³/mol. The minimum Gasteiger partial charge on any atom is -0.444 e. The van der Waals surface area contributed by atoms with Gasteiger partial charge in [0.2, 0.25) is 17.7 Å². The van der Waals surface area contributed by atoms with Crippen LogP contribution in [0.2, 0.25) is 0 Å². The molecule has 4 aromatic heterocycles. The SMILES string of the molecule is CN(CC[C@@H]1CN(CCCc2cccc3c2n(C)c(=O)n3C2CCC(=O)NC2=O)CCO1)C[C@H]1CC[C@H](n2cc(NC(=O)c3coc(-c4ccnc(NCC5CC5)c4)n3)c(C(F)F)n2)CC1. The number of nitrogens with zero attached hydrogens (tertiary/aromatic N) is 8. The fraction of sp³-hybridized carbons (Fsp3) is 0.553. The van der Waals surface area contributed by atoms with Crippen molar-refractivity contribution < 1.29 is 32.3 Å². The second-order valence-electron chi connectivity index (χ2n) is 18.5. The number of ether oxygens (including phenoxy) is 1. The summed E-state index contributed by atoms with van der Waals surface area (Å²) in [5.41, 5.74) is 2.44. The molecule has 3 N–H and O–H groups in total. The molecule has 0 bridgehead atoms. The number of imidazole rings is 1. The Labute approximate surface area is 381 Å². The predicted octanol–water partition coefficient (Wildman–Crippen LogP) is 5.96. The average molecular weight is 912 g/mol. The highest BCUT2D eigenvalue weighted by atomic mass is 19.3. The summed E-state index contributed by atoms with van der Waals surface area (Å²) in [5, 5.41) is 12.5. The van der Waals surface area contributed by atoms with Gasteiger partial charge in [-0.25, -0.2) is 23.5 Å². The summed E-state index contributed by atoms with van der Waals surface area (Å²) < 4.78 is 45.0. The van der Waals surface area contributed by atoms with E-state index in [1.807, 2.05) is 18.2 Å². The van der Waals surface area contributed by atoms with Crippen molar-refractivity contribution in [2.45, 2.75) is 95.2 Å². The summed E-state index contributed by atoms with van der Waals surface area (Å²) in [6, 6.07) is 8.62. The summed E-state index contributed by atoms with van der Waals surface area (Å²) in [6.07, 6.45) is 10.6. The van der Waals surface area contributed by atoms with Crippen LogP contribution in [0, 0.1) is 11.8 Å². The number of piperidine rings is 1. The number of halogens is 2. The number of hydrogen-bond acceptors (Lipinski definition) is 12. The van der Waals surface area contributed by atoms with E-state index in [-0.39, 0.29) is 47.4 Å². The Hall–Kier alpha value is -5.79.